The quantitative estimate of drug-likeness (QED) is 0.446. The van der Waals surface area contributed by atoms with Crippen LogP contribution in [0.15, 0.2) is 72.7 Å². The lowest BCUT2D eigenvalue weighted by Gasteiger charge is -2.00. The molecule has 0 bridgehead atoms. The van der Waals surface area contributed by atoms with Crippen molar-refractivity contribution in [1.29, 1.82) is 0 Å². The van der Waals surface area contributed by atoms with Crippen molar-refractivity contribution >= 4 is 7.28 Å². The Morgan fingerprint density at radius 2 is 1.73 bits per heavy atom. The Morgan fingerprint density at radius 3 is 2.20 bits per heavy atom. The van der Waals surface area contributed by atoms with Gasteiger partial charge in [0.15, 0.2) is 7.28 Å². The van der Waals surface area contributed by atoms with Crippen LogP contribution in [0.25, 0.3) is 0 Å². The Morgan fingerprint density at radius 1 is 1.00 bits per heavy atom. The molecule has 0 N–H and O–H groups in total. The highest BCUT2D eigenvalue weighted by Gasteiger charge is 1.97. The summed E-state index contributed by atoms with van der Waals surface area (Å²) < 4.78 is 0. The highest BCUT2D eigenvalue weighted by molar-refractivity contribution is 6.55. The summed E-state index contributed by atoms with van der Waals surface area (Å²) in [6.07, 6.45) is 15.6. The minimum Gasteiger partial charge on any atom is -0.0996 e. The third-order valence-corrected chi connectivity index (χ3v) is 1.72. The molecule has 1 radical (unpaired) electrons. The van der Waals surface area contributed by atoms with E-state index in [4.69, 9.17) is 0 Å². The maximum absolute atomic E-state index is 3.78. The largest absolute Gasteiger partial charge is 0.191 e. The fraction of sp³-hybridized carbons (Fsp3) is 0.143. The van der Waals surface area contributed by atoms with Crippen molar-refractivity contribution in [2.45, 2.75) is 13.8 Å². The molecular weight excluding hydrogens is 179 g/mol. The summed E-state index contributed by atoms with van der Waals surface area (Å²) in [7, 11) is 2.06. The van der Waals surface area contributed by atoms with Gasteiger partial charge in [-0.3, -0.25) is 0 Å². The molecule has 0 aromatic rings. The van der Waals surface area contributed by atoms with Gasteiger partial charge in [-0.2, -0.15) is 0 Å². The van der Waals surface area contributed by atoms with Gasteiger partial charge in [-0.05, 0) is 13.8 Å². The third-order valence-electron chi connectivity index (χ3n) is 1.72. The van der Waals surface area contributed by atoms with Crippen molar-refractivity contribution in [3.8, 4) is 0 Å². The fourth-order valence-corrected chi connectivity index (χ4v) is 1.06. The molecule has 15 heavy (non-hydrogen) atoms. The van der Waals surface area contributed by atoms with E-state index in [9.17, 15) is 0 Å². The Bertz CT molecular complexity index is 314. The maximum atomic E-state index is 3.78. The van der Waals surface area contributed by atoms with Crippen LogP contribution in [-0.2, 0) is 0 Å². The first kappa shape index (κ1) is 13.5. The minimum atomic E-state index is 1.08. The zero-order valence-electron chi connectivity index (χ0n) is 9.61. The Labute approximate surface area is 94.3 Å². The molecule has 0 fully saturated rings. The smallest absolute Gasteiger partial charge is 0.0996 e. The lowest BCUT2D eigenvalue weighted by molar-refractivity contribution is 1.68. The van der Waals surface area contributed by atoms with Crippen molar-refractivity contribution in [1.82, 2.24) is 0 Å². The normalized spacial score (nSPS) is 13.5. The molecule has 0 rings (SSSR count). The maximum Gasteiger partial charge on any atom is 0.191 e. The molecule has 0 amide bonds. The molecule has 0 unspecified atom stereocenters. The predicted octanol–water partition coefficient (Wildman–Crippen LogP) is 3.98. The molecule has 0 spiro atoms. The molecule has 1 heteroatoms. The standard InChI is InChI=1S/C14H18B/c1-5-9-12-13(8-4)15-14(10-6-2)11-7-3/h5-12H,2,4H2,1,3H3/b9-5-,11-7+,13-12+,14-10-. The van der Waals surface area contributed by atoms with Gasteiger partial charge in [-0.15, -0.1) is 0 Å². The second kappa shape index (κ2) is 9.08. The Hall–Kier alpha value is -1.50. The zero-order chi connectivity index (χ0) is 11.5. The van der Waals surface area contributed by atoms with E-state index in [2.05, 4.69) is 20.4 Å². The van der Waals surface area contributed by atoms with E-state index in [1.165, 1.54) is 0 Å². The topological polar surface area (TPSA) is 0 Å². The van der Waals surface area contributed by atoms with Crippen LogP contribution in [0.1, 0.15) is 13.8 Å². The van der Waals surface area contributed by atoms with Gasteiger partial charge in [0.05, 0.1) is 0 Å². The van der Waals surface area contributed by atoms with E-state index in [0.29, 0.717) is 0 Å². The van der Waals surface area contributed by atoms with Crippen LogP contribution in [0.2, 0.25) is 0 Å². The Balaban J connectivity index is 4.70. The average molecular weight is 197 g/mol. The van der Waals surface area contributed by atoms with Crippen molar-refractivity contribution in [3.05, 3.63) is 72.7 Å². The predicted molar refractivity (Wildman–Crippen MR) is 71.9 cm³/mol. The van der Waals surface area contributed by atoms with Crippen molar-refractivity contribution < 1.29 is 0 Å². The van der Waals surface area contributed by atoms with Crippen LogP contribution < -0.4 is 0 Å². The van der Waals surface area contributed by atoms with E-state index in [1.807, 2.05) is 56.4 Å². The molecule has 0 atom stereocenters. The molecule has 0 heterocycles. The zero-order valence-corrected chi connectivity index (χ0v) is 9.61. The van der Waals surface area contributed by atoms with E-state index in [-0.39, 0.29) is 0 Å². The van der Waals surface area contributed by atoms with Crippen molar-refractivity contribution in [2.75, 3.05) is 0 Å². The van der Waals surface area contributed by atoms with E-state index < -0.39 is 0 Å². The molecule has 0 aromatic heterocycles. The van der Waals surface area contributed by atoms with Gasteiger partial charge in [-0.1, -0.05) is 72.7 Å². The monoisotopic (exact) mass is 197 g/mol. The molecular formula is C14H18B. The Kier molecular flexibility index (Phi) is 8.17. The van der Waals surface area contributed by atoms with E-state index in [0.717, 1.165) is 10.9 Å². The van der Waals surface area contributed by atoms with Gasteiger partial charge in [0.1, 0.15) is 0 Å². The van der Waals surface area contributed by atoms with Gasteiger partial charge < -0.3 is 0 Å². The first-order valence-electron chi connectivity index (χ1n) is 5.04. The van der Waals surface area contributed by atoms with Crippen LogP contribution in [0.3, 0.4) is 0 Å². The summed E-state index contributed by atoms with van der Waals surface area (Å²) in [6.45, 7) is 11.4. The highest BCUT2D eigenvalue weighted by Crippen LogP contribution is 2.04. The summed E-state index contributed by atoms with van der Waals surface area (Å²) in [4.78, 5) is 0. The van der Waals surface area contributed by atoms with Gasteiger partial charge in [-0.25, -0.2) is 0 Å². The van der Waals surface area contributed by atoms with E-state index in [1.54, 1.807) is 6.08 Å². The van der Waals surface area contributed by atoms with Crippen molar-refractivity contribution in [3.63, 3.8) is 0 Å². The first-order chi connectivity index (χ1) is 7.28. The van der Waals surface area contributed by atoms with Gasteiger partial charge in [0, 0.05) is 0 Å². The van der Waals surface area contributed by atoms with Crippen LogP contribution >= 0.6 is 0 Å². The molecule has 0 aliphatic rings. The number of hydrogen-bond donors (Lipinski definition) is 0. The molecule has 0 saturated carbocycles. The molecule has 77 valence electrons. The molecule has 0 nitrogen and oxygen atoms in total. The number of rotatable bonds is 6. The lowest BCUT2D eigenvalue weighted by atomic mass is 9.62. The summed E-state index contributed by atoms with van der Waals surface area (Å²) in [5, 5.41) is 0. The molecule has 0 aliphatic carbocycles. The lowest BCUT2D eigenvalue weighted by Crippen LogP contribution is -1.96. The highest BCUT2D eigenvalue weighted by atomic mass is 13.8. The molecule has 0 aliphatic heterocycles. The van der Waals surface area contributed by atoms with Crippen LogP contribution in [0.4, 0.5) is 0 Å². The summed E-state index contributed by atoms with van der Waals surface area (Å²) in [5.74, 6) is 0. The minimum absolute atomic E-state index is 1.08. The summed E-state index contributed by atoms with van der Waals surface area (Å²) in [6, 6.07) is 0. The molecule has 0 aromatic carbocycles. The fourth-order valence-electron chi connectivity index (χ4n) is 1.06. The van der Waals surface area contributed by atoms with Crippen molar-refractivity contribution in [2.24, 2.45) is 0 Å². The SMILES string of the molecule is C=C/C=C([B]/C(C=C)=C/C=C\C)/C=C/C. The average Bonchev–Trinajstić information content (AvgIpc) is 2.24. The van der Waals surface area contributed by atoms with Crippen LogP contribution in [0.5, 0.6) is 0 Å². The summed E-state index contributed by atoms with van der Waals surface area (Å²) in [5.41, 5.74) is 2.20. The first-order valence-corrected chi connectivity index (χ1v) is 5.04. The van der Waals surface area contributed by atoms with Gasteiger partial charge >= 0.3 is 0 Å². The number of allylic oxidation sites excluding steroid dienone is 10. The van der Waals surface area contributed by atoms with Crippen LogP contribution in [-0.4, -0.2) is 7.28 Å². The van der Waals surface area contributed by atoms with E-state index >= 15 is 0 Å². The van der Waals surface area contributed by atoms with Gasteiger partial charge in [0.25, 0.3) is 0 Å². The summed E-state index contributed by atoms with van der Waals surface area (Å²) >= 11 is 0. The molecule has 0 saturated heterocycles. The second-order valence-electron chi connectivity index (χ2n) is 2.94. The van der Waals surface area contributed by atoms with Crippen LogP contribution in [0, 0.1) is 0 Å². The number of hydrogen-bond acceptors (Lipinski definition) is 0. The third kappa shape index (κ3) is 6.56. The second-order valence-corrected chi connectivity index (χ2v) is 2.94. The van der Waals surface area contributed by atoms with Gasteiger partial charge in [0.2, 0.25) is 0 Å².